The maximum Gasteiger partial charge on any atom is 0.350 e. The summed E-state index contributed by atoms with van der Waals surface area (Å²) in [5, 5.41) is 9.03. The predicted octanol–water partition coefficient (Wildman–Crippen LogP) is 4.32. The molecule has 0 spiro atoms. The fourth-order valence-corrected chi connectivity index (χ4v) is 3.98. The molecule has 0 saturated carbocycles. The number of aryl methyl sites for hydroxylation is 3. The van der Waals surface area contributed by atoms with Gasteiger partial charge in [-0.05, 0) is 44.0 Å². The van der Waals surface area contributed by atoms with Crippen LogP contribution in [0.5, 0.6) is 0 Å². The molecule has 0 aliphatic rings. The van der Waals surface area contributed by atoms with Crippen LogP contribution in [0.4, 0.5) is 0 Å². The number of carbonyl (C=O) groups is 1. The monoisotopic (exact) mass is 419 g/mol. The van der Waals surface area contributed by atoms with E-state index in [0.29, 0.717) is 16.3 Å². The lowest BCUT2D eigenvalue weighted by atomic mass is 10.2. The second kappa shape index (κ2) is 8.54. The summed E-state index contributed by atoms with van der Waals surface area (Å²) in [7, 11) is 0. The molecule has 0 aliphatic carbocycles. The molecule has 0 atom stereocenters. The van der Waals surface area contributed by atoms with Gasteiger partial charge >= 0.3 is 5.97 Å². The highest BCUT2D eigenvalue weighted by atomic mass is 32.1. The number of carbonyl (C=O) groups excluding carboxylic acids is 1. The van der Waals surface area contributed by atoms with Crippen LogP contribution in [-0.4, -0.2) is 30.9 Å². The van der Waals surface area contributed by atoms with Gasteiger partial charge in [0, 0.05) is 17.5 Å². The topological polar surface area (TPSA) is 82.8 Å². The summed E-state index contributed by atoms with van der Waals surface area (Å²) in [4.78, 5) is 22.0. The third-order valence-corrected chi connectivity index (χ3v) is 5.85. The number of benzene rings is 1. The van der Waals surface area contributed by atoms with E-state index in [1.807, 2.05) is 50.2 Å². The third kappa shape index (κ3) is 4.13. The Bertz CT molecular complexity index is 1200. The molecule has 0 N–H and O–H groups in total. The molecular weight excluding hydrogens is 398 g/mol. The molecule has 3 heterocycles. The van der Waals surface area contributed by atoms with Crippen molar-refractivity contribution in [2.24, 2.45) is 0 Å². The molecule has 8 heteroatoms. The molecule has 30 heavy (non-hydrogen) atoms. The molecule has 0 bridgehead atoms. The van der Waals surface area contributed by atoms with E-state index in [1.54, 1.807) is 17.1 Å². The number of pyridine rings is 1. The fraction of sp³-hybridized carbons (Fsp3) is 0.227. The summed E-state index contributed by atoms with van der Waals surface area (Å²) in [6.45, 7) is 5.92. The first kappa shape index (κ1) is 19.9. The zero-order valence-corrected chi connectivity index (χ0v) is 17.8. The lowest BCUT2D eigenvalue weighted by Crippen LogP contribution is -2.05. The Kier molecular flexibility index (Phi) is 5.67. The van der Waals surface area contributed by atoms with E-state index >= 15 is 0 Å². The van der Waals surface area contributed by atoms with Crippen molar-refractivity contribution in [1.29, 1.82) is 0 Å². The van der Waals surface area contributed by atoms with Gasteiger partial charge in [0.2, 0.25) is 0 Å². The van der Waals surface area contributed by atoms with Crippen LogP contribution in [0.2, 0.25) is 0 Å². The van der Waals surface area contributed by atoms with Crippen molar-refractivity contribution in [1.82, 2.24) is 25.0 Å². The van der Waals surface area contributed by atoms with E-state index in [4.69, 9.17) is 4.74 Å². The maximum atomic E-state index is 12.6. The third-order valence-electron chi connectivity index (χ3n) is 4.66. The van der Waals surface area contributed by atoms with Gasteiger partial charge in [-0.1, -0.05) is 30.3 Å². The van der Waals surface area contributed by atoms with E-state index < -0.39 is 5.97 Å². The van der Waals surface area contributed by atoms with Crippen molar-refractivity contribution in [2.75, 3.05) is 0 Å². The van der Waals surface area contributed by atoms with Crippen LogP contribution in [0.1, 0.15) is 39.2 Å². The highest BCUT2D eigenvalue weighted by Gasteiger charge is 2.18. The van der Waals surface area contributed by atoms with Gasteiger partial charge in [-0.25, -0.2) is 14.5 Å². The quantitative estimate of drug-likeness (QED) is 0.433. The van der Waals surface area contributed by atoms with Gasteiger partial charge in [0.15, 0.2) is 0 Å². The minimum Gasteiger partial charge on any atom is -0.455 e. The van der Waals surface area contributed by atoms with E-state index in [-0.39, 0.29) is 6.61 Å². The van der Waals surface area contributed by atoms with Crippen LogP contribution in [0.25, 0.3) is 16.3 Å². The largest absolute Gasteiger partial charge is 0.455 e. The van der Waals surface area contributed by atoms with E-state index in [0.717, 1.165) is 33.9 Å². The first-order chi connectivity index (χ1) is 14.5. The van der Waals surface area contributed by atoms with Crippen molar-refractivity contribution < 1.29 is 9.53 Å². The fourth-order valence-electron chi connectivity index (χ4n) is 3.02. The molecule has 0 unspecified atom stereocenters. The van der Waals surface area contributed by atoms with Crippen molar-refractivity contribution in [3.05, 3.63) is 76.3 Å². The van der Waals surface area contributed by atoms with E-state index in [2.05, 4.69) is 27.2 Å². The molecule has 0 saturated heterocycles. The Morgan fingerprint density at radius 2 is 2.00 bits per heavy atom. The Balaban J connectivity index is 1.46. The standard InChI is InChI=1S/C22H21N5O2S/c1-4-17-11-16(9-10-23-17)21-24-15(3)20(30-21)22(28)29-13-18-12-27(26-25-18)19-8-6-5-7-14(19)2/h5-12H,4,13H2,1-3H3. The summed E-state index contributed by atoms with van der Waals surface area (Å²) in [5.74, 6) is -0.411. The lowest BCUT2D eigenvalue weighted by Gasteiger charge is -2.03. The highest BCUT2D eigenvalue weighted by Crippen LogP contribution is 2.29. The van der Waals surface area contributed by atoms with Gasteiger partial charge in [0.05, 0.1) is 17.6 Å². The Hall–Kier alpha value is -3.39. The normalized spacial score (nSPS) is 10.9. The molecule has 1 aromatic carbocycles. The van der Waals surface area contributed by atoms with Crippen molar-refractivity contribution in [3.8, 4) is 16.3 Å². The molecular formula is C22H21N5O2S. The summed E-state index contributed by atoms with van der Waals surface area (Å²) in [6, 6.07) is 11.8. The molecule has 4 aromatic rings. The van der Waals surface area contributed by atoms with Crippen LogP contribution in [-0.2, 0) is 17.8 Å². The van der Waals surface area contributed by atoms with Crippen LogP contribution >= 0.6 is 11.3 Å². The SMILES string of the molecule is CCc1cc(-c2nc(C)c(C(=O)OCc3cn(-c4ccccc4C)nn3)s2)ccn1. The molecule has 0 aliphatic heterocycles. The van der Waals surface area contributed by atoms with E-state index in [9.17, 15) is 4.79 Å². The van der Waals surface area contributed by atoms with Crippen LogP contribution in [0.3, 0.4) is 0 Å². The number of esters is 1. The number of thiazole rings is 1. The minimum atomic E-state index is -0.411. The lowest BCUT2D eigenvalue weighted by molar-refractivity contribution is 0.0472. The summed E-state index contributed by atoms with van der Waals surface area (Å²) >= 11 is 1.32. The molecule has 0 radical (unpaired) electrons. The van der Waals surface area contributed by atoms with Crippen molar-refractivity contribution in [2.45, 2.75) is 33.8 Å². The minimum absolute atomic E-state index is 0.0482. The molecule has 3 aromatic heterocycles. The average Bonchev–Trinajstić information content (AvgIpc) is 3.39. The molecule has 152 valence electrons. The number of rotatable bonds is 6. The zero-order valence-electron chi connectivity index (χ0n) is 17.0. The van der Waals surface area contributed by atoms with Crippen molar-refractivity contribution in [3.63, 3.8) is 0 Å². The summed E-state index contributed by atoms with van der Waals surface area (Å²) in [6.07, 6.45) is 4.38. The smallest absolute Gasteiger partial charge is 0.350 e. The molecule has 4 rings (SSSR count). The number of ether oxygens (including phenoxy) is 1. The van der Waals surface area contributed by atoms with Gasteiger partial charge in [0.25, 0.3) is 0 Å². The highest BCUT2D eigenvalue weighted by molar-refractivity contribution is 7.17. The van der Waals surface area contributed by atoms with Gasteiger partial charge in [-0.15, -0.1) is 16.4 Å². The Morgan fingerprint density at radius 1 is 1.17 bits per heavy atom. The number of nitrogens with zero attached hydrogens (tertiary/aromatic N) is 5. The molecule has 7 nitrogen and oxygen atoms in total. The first-order valence-electron chi connectivity index (χ1n) is 9.62. The number of para-hydroxylation sites is 1. The number of aromatic nitrogens is 5. The second-order valence-corrected chi connectivity index (χ2v) is 7.84. The van der Waals surface area contributed by atoms with Crippen molar-refractivity contribution >= 4 is 17.3 Å². The summed E-state index contributed by atoms with van der Waals surface area (Å²) < 4.78 is 7.16. The van der Waals surface area contributed by atoms with Gasteiger partial charge in [-0.2, -0.15) is 0 Å². The summed E-state index contributed by atoms with van der Waals surface area (Å²) in [5.41, 5.74) is 5.20. The number of hydrogen-bond donors (Lipinski definition) is 0. The van der Waals surface area contributed by atoms with Gasteiger partial charge in [0.1, 0.15) is 22.2 Å². The van der Waals surface area contributed by atoms with E-state index in [1.165, 1.54) is 11.3 Å². The van der Waals surface area contributed by atoms with Crippen LogP contribution < -0.4 is 0 Å². The van der Waals surface area contributed by atoms with Crippen LogP contribution in [0, 0.1) is 13.8 Å². The maximum absolute atomic E-state index is 12.6. The first-order valence-corrected chi connectivity index (χ1v) is 10.4. The Morgan fingerprint density at radius 3 is 2.80 bits per heavy atom. The van der Waals surface area contributed by atoms with Crippen LogP contribution in [0.15, 0.2) is 48.8 Å². The Labute approximate surface area is 178 Å². The van der Waals surface area contributed by atoms with Gasteiger partial charge in [-0.3, -0.25) is 4.98 Å². The molecule has 0 amide bonds. The second-order valence-electron chi connectivity index (χ2n) is 6.84. The average molecular weight is 420 g/mol. The van der Waals surface area contributed by atoms with Gasteiger partial charge < -0.3 is 4.74 Å². The predicted molar refractivity (Wildman–Crippen MR) is 115 cm³/mol. The molecule has 0 fully saturated rings. The zero-order chi connectivity index (χ0) is 21.1. The number of hydrogen-bond acceptors (Lipinski definition) is 7.